The summed E-state index contributed by atoms with van der Waals surface area (Å²) in [5.41, 5.74) is 2.89. The summed E-state index contributed by atoms with van der Waals surface area (Å²) in [7, 11) is 0. The average molecular weight is 249 g/mol. The average Bonchev–Trinajstić information content (AvgIpc) is 2.82. The lowest BCUT2D eigenvalue weighted by atomic mass is 10.1. The zero-order valence-electron chi connectivity index (χ0n) is 11.1. The summed E-state index contributed by atoms with van der Waals surface area (Å²) in [6.07, 6.45) is 2.31. The summed E-state index contributed by atoms with van der Waals surface area (Å²) in [4.78, 5) is 2.35. The van der Waals surface area contributed by atoms with E-state index in [9.17, 15) is 5.11 Å². The molecule has 1 aromatic rings. The molecule has 0 amide bonds. The minimum Gasteiger partial charge on any atom is -0.395 e. The van der Waals surface area contributed by atoms with E-state index < -0.39 is 0 Å². The first-order valence-electron chi connectivity index (χ1n) is 6.87. The van der Waals surface area contributed by atoms with Crippen LogP contribution in [0.15, 0.2) is 24.3 Å². The van der Waals surface area contributed by atoms with Crippen molar-refractivity contribution in [2.24, 2.45) is 0 Å². The molecule has 3 nitrogen and oxygen atoms in total. The van der Waals surface area contributed by atoms with Gasteiger partial charge in [-0.15, -0.1) is 0 Å². The van der Waals surface area contributed by atoms with Gasteiger partial charge in [-0.05, 0) is 30.9 Å². The van der Waals surface area contributed by atoms with Crippen LogP contribution in [0.4, 0.5) is 0 Å². The van der Waals surface area contributed by atoms with Crippen LogP contribution in [0.5, 0.6) is 0 Å². The van der Waals surface area contributed by atoms with Gasteiger partial charge in [0.05, 0.1) is 13.2 Å². The summed E-state index contributed by atoms with van der Waals surface area (Å²) >= 11 is 0. The molecule has 18 heavy (non-hydrogen) atoms. The number of aliphatic hydroxyl groups is 1. The van der Waals surface area contributed by atoms with E-state index in [1.54, 1.807) is 0 Å². The normalized spacial score (nSPS) is 18.3. The molecule has 0 heterocycles. The molecule has 100 valence electrons. The van der Waals surface area contributed by atoms with Crippen LogP contribution in [0.1, 0.15) is 30.5 Å². The van der Waals surface area contributed by atoms with Crippen LogP contribution in [0.25, 0.3) is 0 Å². The minimum atomic E-state index is 0.213. The first kappa shape index (κ1) is 13.5. The fourth-order valence-corrected chi connectivity index (χ4v) is 2.79. The van der Waals surface area contributed by atoms with Gasteiger partial charge in [-0.1, -0.05) is 24.3 Å². The second kappa shape index (κ2) is 6.88. The Morgan fingerprint density at radius 3 is 2.94 bits per heavy atom. The zero-order valence-corrected chi connectivity index (χ0v) is 11.1. The predicted octanol–water partition coefficient (Wildman–Crippen LogP) is 2.00. The maximum atomic E-state index is 9.22. The number of aliphatic hydroxyl groups excluding tert-OH is 1. The lowest BCUT2D eigenvalue weighted by Crippen LogP contribution is -2.33. The van der Waals surface area contributed by atoms with E-state index in [4.69, 9.17) is 4.74 Å². The number of hydrogen-bond acceptors (Lipinski definition) is 3. The highest BCUT2D eigenvalue weighted by Crippen LogP contribution is 2.35. The molecular formula is C15H23NO2. The zero-order chi connectivity index (χ0) is 12.8. The molecule has 0 saturated carbocycles. The number of fused-ring (bicyclic) bond motifs is 1. The van der Waals surface area contributed by atoms with Crippen molar-refractivity contribution in [1.82, 2.24) is 4.90 Å². The quantitative estimate of drug-likeness (QED) is 0.750. The van der Waals surface area contributed by atoms with E-state index in [-0.39, 0.29) is 6.61 Å². The molecule has 1 N–H and O–H groups in total. The molecule has 0 bridgehead atoms. The molecule has 0 radical (unpaired) electrons. The van der Waals surface area contributed by atoms with Gasteiger partial charge in [0.25, 0.3) is 0 Å². The maximum absolute atomic E-state index is 9.22. The molecule has 0 saturated heterocycles. The Hall–Kier alpha value is -0.900. The summed E-state index contributed by atoms with van der Waals surface area (Å²) in [5.74, 6) is 0. The second-order valence-corrected chi connectivity index (χ2v) is 4.71. The molecule has 0 aromatic heterocycles. The highest BCUT2D eigenvalue weighted by molar-refractivity contribution is 5.34. The van der Waals surface area contributed by atoms with Crippen LogP contribution in [0, 0.1) is 0 Å². The Balaban J connectivity index is 2.03. The van der Waals surface area contributed by atoms with E-state index in [0.29, 0.717) is 6.04 Å². The number of ether oxygens (including phenoxy) is 1. The van der Waals surface area contributed by atoms with Crippen molar-refractivity contribution in [3.8, 4) is 0 Å². The third-order valence-corrected chi connectivity index (χ3v) is 3.66. The van der Waals surface area contributed by atoms with Crippen LogP contribution in [-0.2, 0) is 11.2 Å². The van der Waals surface area contributed by atoms with Gasteiger partial charge >= 0.3 is 0 Å². The summed E-state index contributed by atoms with van der Waals surface area (Å²) in [6.45, 7) is 5.36. The number of rotatable bonds is 7. The monoisotopic (exact) mass is 249 g/mol. The Kier molecular flexibility index (Phi) is 5.17. The van der Waals surface area contributed by atoms with Crippen LogP contribution in [0.3, 0.4) is 0 Å². The third-order valence-electron chi connectivity index (χ3n) is 3.66. The number of benzene rings is 1. The fourth-order valence-electron chi connectivity index (χ4n) is 2.79. The van der Waals surface area contributed by atoms with Gasteiger partial charge in [-0.2, -0.15) is 0 Å². The van der Waals surface area contributed by atoms with E-state index >= 15 is 0 Å². The molecule has 3 heteroatoms. The molecule has 1 atom stereocenters. The van der Waals surface area contributed by atoms with Crippen molar-refractivity contribution in [1.29, 1.82) is 0 Å². The smallest absolute Gasteiger partial charge is 0.0593 e. The minimum absolute atomic E-state index is 0.213. The molecule has 2 rings (SSSR count). The van der Waals surface area contributed by atoms with E-state index in [1.165, 1.54) is 11.1 Å². The second-order valence-electron chi connectivity index (χ2n) is 4.71. The molecular weight excluding hydrogens is 226 g/mol. The van der Waals surface area contributed by atoms with Crippen molar-refractivity contribution in [3.05, 3.63) is 35.4 Å². The highest BCUT2D eigenvalue weighted by Gasteiger charge is 2.26. The highest BCUT2D eigenvalue weighted by atomic mass is 16.5. The first-order chi connectivity index (χ1) is 8.86. The van der Waals surface area contributed by atoms with Gasteiger partial charge < -0.3 is 9.84 Å². The molecule has 1 unspecified atom stereocenters. The van der Waals surface area contributed by atoms with Gasteiger partial charge in [0, 0.05) is 25.7 Å². The van der Waals surface area contributed by atoms with Gasteiger partial charge in [0.15, 0.2) is 0 Å². The topological polar surface area (TPSA) is 32.7 Å². The maximum Gasteiger partial charge on any atom is 0.0593 e. The van der Waals surface area contributed by atoms with Crippen molar-refractivity contribution in [2.75, 3.05) is 32.9 Å². The lowest BCUT2D eigenvalue weighted by Gasteiger charge is -2.28. The fraction of sp³-hybridized carbons (Fsp3) is 0.600. The molecule has 0 fully saturated rings. The van der Waals surface area contributed by atoms with Crippen molar-refractivity contribution >= 4 is 0 Å². The molecule has 0 spiro atoms. The Morgan fingerprint density at radius 2 is 2.17 bits per heavy atom. The van der Waals surface area contributed by atoms with E-state index in [1.807, 2.05) is 6.92 Å². The summed E-state index contributed by atoms with van der Waals surface area (Å²) in [6, 6.07) is 9.11. The van der Waals surface area contributed by atoms with E-state index in [0.717, 1.165) is 39.1 Å². The van der Waals surface area contributed by atoms with E-state index in [2.05, 4.69) is 29.2 Å². The van der Waals surface area contributed by atoms with Crippen LogP contribution < -0.4 is 0 Å². The predicted molar refractivity (Wildman–Crippen MR) is 72.7 cm³/mol. The van der Waals surface area contributed by atoms with Gasteiger partial charge in [-0.3, -0.25) is 4.90 Å². The molecule has 1 aliphatic carbocycles. The van der Waals surface area contributed by atoms with Crippen molar-refractivity contribution in [3.63, 3.8) is 0 Å². The van der Waals surface area contributed by atoms with Gasteiger partial charge in [0.1, 0.15) is 0 Å². The Morgan fingerprint density at radius 1 is 1.33 bits per heavy atom. The Labute approximate surface area is 109 Å². The van der Waals surface area contributed by atoms with Crippen LogP contribution in [-0.4, -0.2) is 42.9 Å². The lowest BCUT2D eigenvalue weighted by molar-refractivity contribution is 0.0818. The van der Waals surface area contributed by atoms with Crippen LogP contribution >= 0.6 is 0 Å². The number of aryl methyl sites for hydroxylation is 1. The standard InChI is InChI=1S/C15H23NO2/c1-2-18-12-10-16(9-11-17)15-8-7-13-5-3-4-6-14(13)15/h3-6,15,17H,2,7-12H2,1H3. The molecule has 1 aliphatic rings. The molecule has 1 aromatic carbocycles. The third kappa shape index (κ3) is 3.10. The van der Waals surface area contributed by atoms with Gasteiger partial charge in [-0.25, -0.2) is 0 Å². The summed E-state index contributed by atoms with van der Waals surface area (Å²) in [5, 5.41) is 9.22. The van der Waals surface area contributed by atoms with Crippen molar-refractivity contribution in [2.45, 2.75) is 25.8 Å². The Bertz CT molecular complexity index is 367. The van der Waals surface area contributed by atoms with Crippen LogP contribution in [0.2, 0.25) is 0 Å². The van der Waals surface area contributed by atoms with Crippen molar-refractivity contribution < 1.29 is 9.84 Å². The van der Waals surface area contributed by atoms with Gasteiger partial charge in [0.2, 0.25) is 0 Å². The SMILES string of the molecule is CCOCCN(CCO)C1CCc2ccccc21. The first-order valence-corrected chi connectivity index (χ1v) is 6.87. The summed E-state index contributed by atoms with van der Waals surface area (Å²) < 4.78 is 5.43. The number of hydrogen-bond donors (Lipinski definition) is 1. The molecule has 0 aliphatic heterocycles. The largest absolute Gasteiger partial charge is 0.395 e. The number of nitrogens with zero attached hydrogens (tertiary/aromatic N) is 1.